The maximum Gasteiger partial charge on any atom is 0.335 e. The lowest BCUT2D eigenvalue weighted by Gasteiger charge is -2.09. The van der Waals surface area contributed by atoms with E-state index in [0.717, 1.165) is 0 Å². The number of para-hydroxylation sites is 1. The van der Waals surface area contributed by atoms with E-state index < -0.39 is 16.0 Å². The first-order valence-corrected chi connectivity index (χ1v) is 7.98. The molecule has 7 heteroatoms. The normalized spacial score (nSPS) is 11.1. The number of anilines is 1. The Labute approximate surface area is 127 Å². The first-order valence-electron chi connectivity index (χ1n) is 5.95. The highest BCUT2D eigenvalue weighted by Gasteiger charge is 2.14. The van der Waals surface area contributed by atoms with Crippen molar-refractivity contribution in [2.24, 2.45) is 0 Å². The standard InChI is InChI=1S/C14H12ClNO4S/c15-12-3-1-2-4-13(12)16-21(19,20)9-10-5-7-11(8-6-10)14(17)18/h1-8,16H,9H2,(H,17,18). The summed E-state index contributed by atoms with van der Waals surface area (Å²) in [5, 5.41) is 9.10. The molecule has 0 saturated heterocycles. The summed E-state index contributed by atoms with van der Waals surface area (Å²) in [6.45, 7) is 0. The molecule has 2 rings (SSSR count). The molecule has 0 aliphatic rings. The van der Waals surface area contributed by atoms with Crippen LogP contribution in [0, 0.1) is 0 Å². The summed E-state index contributed by atoms with van der Waals surface area (Å²) in [7, 11) is -3.63. The molecule has 0 aromatic heterocycles. The SMILES string of the molecule is O=C(O)c1ccc(CS(=O)(=O)Nc2ccccc2Cl)cc1. The first-order chi connectivity index (χ1) is 9.87. The predicted molar refractivity (Wildman–Crippen MR) is 81.1 cm³/mol. The second-order valence-corrected chi connectivity index (χ2v) is 6.47. The van der Waals surface area contributed by atoms with Crippen molar-refractivity contribution in [3.05, 3.63) is 64.7 Å². The van der Waals surface area contributed by atoms with Crippen LogP contribution in [-0.4, -0.2) is 19.5 Å². The first kappa shape index (κ1) is 15.3. The minimum absolute atomic E-state index is 0.107. The number of hydrogen-bond donors (Lipinski definition) is 2. The van der Waals surface area contributed by atoms with Crippen LogP contribution in [0.25, 0.3) is 0 Å². The van der Waals surface area contributed by atoms with Gasteiger partial charge < -0.3 is 5.11 Å². The van der Waals surface area contributed by atoms with Gasteiger partial charge in [-0.3, -0.25) is 4.72 Å². The van der Waals surface area contributed by atoms with Gasteiger partial charge in [-0.15, -0.1) is 0 Å². The number of carboxylic acids is 1. The average Bonchev–Trinajstić information content (AvgIpc) is 2.41. The molecular weight excluding hydrogens is 314 g/mol. The van der Waals surface area contributed by atoms with E-state index in [1.165, 1.54) is 24.3 Å². The average molecular weight is 326 g/mol. The Bertz CT molecular complexity index is 757. The van der Waals surface area contributed by atoms with Crippen molar-refractivity contribution >= 4 is 33.3 Å². The van der Waals surface area contributed by atoms with Gasteiger partial charge in [0.25, 0.3) is 0 Å². The molecule has 110 valence electrons. The van der Waals surface area contributed by atoms with Crippen LogP contribution in [0.15, 0.2) is 48.5 Å². The van der Waals surface area contributed by atoms with E-state index in [9.17, 15) is 13.2 Å². The zero-order chi connectivity index (χ0) is 15.5. The quantitative estimate of drug-likeness (QED) is 0.885. The van der Waals surface area contributed by atoms with Crippen molar-refractivity contribution in [3.8, 4) is 0 Å². The lowest BCUT2D eigenvalue weighted by Crippen LogP contribution is -2.15. The van der Waals surface area contributed by atoms with E-state index in [1.807, 2.05) is 0 Å². The van der Waals surface area contributed by atoms with Crippen LogP contribution >= 0.6 is 11.6 Å². The van der Waals surface area contributed by atoms with Crippen molar-refractivity contribution < 1.29 is 18.3 Å². The molecule has 0 amide bonds. The topological polar surface area (TPSA) is 83.5 Å². The molecule has 5 nitrogen and oxygen atoms in total. The summed E-state index contributed by atoms with van der Waals surface area (Å²) in [5.41, 5.74) is 0.899. The number of carboxylic acid groups (broad SMARTS) is 1. The summed E-state index contributed by atoms with van der Waals surface area (Å²) in [5.74, 6) is -1.32. The molecule has 0 radical (unpaired) electrons. The highest BCUT2D eigenvalue weighted by atomic mass is 35.5. The zero-order valence-electron chi connectivity index (χ0n) is 10.8. The van der Waals surface area contributed by atoms with Crippen LogP contribution in [0.5, 0.6) is 0 Å². The maximum atomic E-state index is 12.1. The molecule has 0 aliphatic heterocycles. The third-order valence-corrected chi connectivity index (χ3v) is 4.27. The summed E-state index contributed by atoms with van der Waals surface area (Å²) < 4.78 is 26.5. The third-order valence-electron chi connectivity index (χ3n) is 2.70. The molecule has 0 saturated carbocycles. The van der Waals surface area contributed by atoms with Crippen LogP contribution in [0.3, 0.4) is 0 Å². The Morgan fingerprint density at radius 3 is 2.29 bits per heavy atom. The van der Waals surface area contributed by atoms with E-state index in [4.69, 9.17) is 16.7 Å². The molecule has 0 unspecified atom stereocenters. The molecule has 0 atom stereocenters. The number of hydrogen-bond acceptors (Lipinski definition) is 3. The van der Waals surface area contributed by atoms with Crippen molar-refractivity contribution in [3.63, 3.8) is 0 Å². The van der Waals surface area contributed by atoms with Crippen molar-refractivity contribution in [1.29, 1.82) is 0 Å². The van der Waals surface area contributed by atoms with Crippen LogP contribution < -0.4 is 4.72 Å². The van der Waals surface area contributed by atoms with Gasteiger partial charge in [0.2, 0.25) is 10.0 Å². The largest absolute Gasteiger partial charge is 0.478 e. The second-order valence-electron chi connectivity index (χ2n) is 4.34. The highest BCUT2D eigenvalue weighted by molar-refractivity contribution is 7.91. The number of rotatable bonds is 5. The maximum absolute atomic E-state index is 12.1. The van der Waals surface area contributed by atoms with Gasteiger partial charge in [0.15, 0.2) is 0 Å². The minimum Gasteiger partial charge on any atom is -0.478 e. The smallest absolute Gasteiger partial charge is 0.335 e. The Morgan fingerprint density at radius 2 is 1.71 bits per heavy atom. The molecule has 21 heavy (non-hydrogen) atoms. The number of benzene rings is 2. The minimum atomic E-state index is -3.63. The fourth-order valence-electron chi connectivity index (χ4n) is 1.71. The molecule has 0 spiro atoms. The third kappa shape index (κ3) is 4.21. The number of aromatic carboxylic acids is 1. The lowest BCUT2D eigenvalue weighted by atomic mass is 10.1. The summed E-state index contributed by atoms with van der Waals surface area (Å²) in [4.78, 5) is 10.7. The van der Waals surface area contributed by atoms with Crippen LogP contribution in [0.1, 0.15) is 15.9 Å². The molecule has 0 heterocycles. The zero-order valence-corrected chi connectivity index (χ0v) is 12.4. The van der Waals surface area contributed by atoms with Gasteiger partial charge in [0, 0.05) is 0 Å². The molecule has 0 bridgehead atoms. The summed E-state index contributed by atoms with van der Waals surface area (Å²) in [6, 6.07) is 12.2. The molecule has 2 aromatic carbocycles. The van der Waals surface area contributed by atoms with Crippen molar-refractivity contribution in [1.82, 2.24) is 0 Å². The Kier molecular flexibility index (Phi) is 4.50. The van der Waals surface area contributed by atoms with Crippen LogP contribution in [-0.2, 0) is 15.8 Å². The molecule has 2 aromatic rings. The second kappa shape index (κ2) is 6.15. The van der Waals surface area contributed by atoms with E-state index in [1.54, 1.807) is 24.3 Å². The van der Waals surface area contributed by atoms with Crippen molar-refractivity contribution in [2.45, 2.75) is 5.75 Å². The fourth-order valence-corrected chi connectivity index (χ4v) is 3.17. The van der Waals surface area contributed by atoms with Gasteiger partial charge in [0.1, 0.15) is 0 Å². The number of nitrogens with one attached hydrogen (secondary N) is 1. The van der Waals surface area contributed by atoms with E-state index in [2.05, 4.69) is 4.72 Å². The number of sulfonamides is 1. The lowest BCUT2D eigenvalue weighted by molar-refractivity contribution is 0.0697. The Hall–Kier alpha value is -2.05. The van der Waals surface area contributed by atoms with E-state index in [-0.39, 0.29) is 11.3 Å². The Balaban J connectivity index is 2.14. The van der Waals surface area contributed by atoms with Crippen LogP contribution in [0.4, 0.5) is 5.69 Å². The monoisotopic (exact) mass is 325 g/mol. The number of carbonyl (C=O) groups is 1. The van der Waals surface area contributed by atoms with Gasteiger partial charge in [-0.25, -0.2) is 13.2 Å². The highest BCUT2D eigenvalue weighted by Crippen LogP contribution is 2.22. The van der Waals surface area contributed by atoms with Gasteiger partial charge >= 0.3 is 5.97 Å². The molecule has 0 aliphatic carbocycles. The summed E-state index contributed by atoms with van der Waals surface area (Å²) >= 11 is 5.90. The van der Waals surface area contributed by atoms with Gasteiger partial charge in [0.05, 0.1) is 22.0 Å². The van der Waals surface area contributed by atoms with Gasteiger partial charge in [-0.05, 0) is 29.8 Å². The van der Waals surface area contributed by atoms with Crippen molar-refractivity contribution in [2.75, 3.05) is 4.72 Å². The van der Waals surface area contributed by atoms with E-state index >= 15 is 0 Å². The summed E-state index contributed by atoms with van der Waals surface area (Å²) in [6.07, 6.45) is 0. The van der Waals surface area contributed by atoms with E-state index in [0.29, 0.717) is 16.3 Å². The van der Waals surface area contributed by atoms with Crippen LogP contribution in [0.2, 0.25) is 5.02 Å². The predicted octanol–water partition coefficient (Wildman–Crippen LogP) is 2.98. The Morgan fingerprint density at radius 1 is 1.10 bits per heavy atom. The van der Waals surface area contributed by atoms with Gasteiger partial charge in [-0.1, -0.05) is 35.9 Å². The molecule has 2 N–H and O–H groups in total. The molecular formula is C14H12ClNO4S. The molecule has 0 fully saturated rings. The van der Waals surface area contributed by atoms with Gasteiger partial charge in [-0.2, -0.15) is 0 Å². The number of halogens is 1. The fraction of sp³-hybridized carbons (Fsp3) is 0.0714.